The van der Waals surface area contributed by atoms with Gasteiger partial charge >= 0.3 is 0 Å². The Kier molecular flexibility index (Phi) is 20.1. The molecule has 0 atom stereocenters. The summed E-state index contributed by atoms with van der Waals surface area (Å²) < 4.78 is 0. The Balaban J connectivity index is 0. The van der Waals surface area contributed by atoms with Crippen molar-refractivity contribution in [2.75, 3.05) is 6.61 Å². The molecule has 0 heterocycles. The minimum Gasteiger partial charge on any atom is -0.396 e. The Bertz CT molecular complexity index is 108. The van der Waals surface area contributed by atoms with Gasteiger partial charge in [0.1, 0.15) is 0 Å². The third kappa shape index (κ3) is 24.6. The molecule has 0 saturated heterocycles. The number of hydrogen-bond donors (Lipinski definition) is 1. The molecule has 0 aliphatic heterocycles. The maximum absolute atomic E-state index is 8.24. The van der Waals surface area contributed by atoms with Gasteiger partial charge in [0.15, 0.2) is 0 Å². The molecule has 1 N–H and O–H groups in total. The van der Waals surface area contributed by atoms with Crippen LogP contribution in [-0.2, 0) is 0 Å². The summed E-state index contributed by atoms with van der Waals surface area (Å²) in [5.74, 6) is 0. The lowest BCUT2D eigenvalue weighted by atomic mass is 10.3. The molecule has 0 bridgehead atoms. The molecule has 0 fully saturated rings. The van der Waals surface area contributed by atoms with E-state index in [0.29, 0.717) is 0 Å². The van der Waals surface area contributed by atoms with Crippen LogP contribution in [-0.4, -0.2) is 11.7 Å². The standard InChI is InChI=1S/C6H12O.C6H12/c1-2-3-4-5-6-7;1-3-5-6-4-2/h3-4,7H,2,5-6H2,1H3;5-6H,3-4H2,1-2H3/b4-3+;6-5+. The van der Waals surface area contributed by atoms with Gasteiger partial charge in [-0.05, 0) is 25.7 Å². The maximum Gasteiger partial charge on any atom is 0.0465 e. The quantitative estimate of drug-likeness (QED) is 0.646. The van der Waals surface area contributed by atoms with Gasteiger partial charge in [-0.2, -0.15) is 0 Å². The van der Waals surface area contributed by atoms with E-state index < -0.39 is 0 Å². The second-order valence-corrected chi connectivity index (χ2v) is 2.68. The molecule has 0 aliphatic carbocycles. The van der Waals surface area contributed by atoms with Crippen molar-refractivity contribution in [3.63, 3.8) is 0 Å². The monoisotopic (exact) mass is 184 g/mol. The Morgan fingerprint density at radius 2 is 1.15 bits per heavy atom. The van der Waals surface area contributed by atoms with E-state index in [-0.39, 0.29) is 6.61 Å². The van der Waals surface area contributed by atoms with Gasteiger partial charge in [0, 0.05) is 6.61 Å². The van der Waals surface area contributed by atoms with Gasteiger partial charge in [0.05, 0.1) is 0 Å². The largest absolute Gasteiger partial charge is 0.396 e. The molecule has 0 spiro atoms. The Morgan fingerprint density at radius 1 is 0.769 bits per heavy atom. The van der Waals surface area contributed by atoms with E-state index in [0.717, 1.165) is 12.8 Å². The summed E-state index contributed by atoms with van der Waals surface area (Å²) in [6.45, 7) is 6.64. The van der Waals surface area contributed by atoms with Gasteiger partial charge in [-0.1, -0.05) is 45.1 Å². The normalized spacial score (nSPS) is 10.5. The molecule has 0 aromatic heterocycles. The topological polar surface area (TPSA) is 20.2 Å². The number of allylic oxidation sites excluding steroid dienone is 3. The average molecular weight is 184 g/mol. The van der Waals surface area contributed by atoms with Gasteiger partial charge in [-0.3, -0.25) is 0 Å². The van der Waals surface area contributed by atoms with Gasteiger partial charge in [-0.15, -0.1) is 0 Å². The summed E-state index contributed by atoms with van der Waals surface area (Å²) >= 11 is 0. The molecule has 0 saturated carbocycles. The fourth-order valence-electron chi connectivity index (χ4n) is 0.692. The Labute approximate surface area is 83.2 Å². The molecule has 13 heavy (non-hydrogen) atoms. The van der Waals surface area contributed by atoms with E-state index in [1.54, 1.807) is 0 Å². The van der Waals surface area contributed by atoms with Crippen LogP contribution < -0.4 is 0 Å². The lowest BCUT2D eigenvalue weighted by molar-refractivity contribution is 0.302. The van der Waals surface area contributed by atoms with Crippen LogP contribution in [0.2, 0.25) is 0 Å². The van der Waals surface area contributed by atoms with E-state index in [2.05, 4.69) is 39.0 Å². The van der Waals surface area contributed by atoms with E-state index in [4.69, 9.17) is 5.11 Å². The highest BCUT2D eigenvalue weighted by Gasteiger charge is 1.69. The second-order valence-electron chi connectivity index (χ2n) is 2.68. The van der Waals surface area contributed by atoms with Gasteiger partial charge in [0.2, 0.25) is 0 Å². The van der Waals surface area contributed by atoms with Crippen LogP contribution in [0.5, 0.6) is 0 Å². The number of aliphatic hydroxyl groups is 1. The Hall–Kier alpha value is -0.560. The number of rotatable bonds is 5. The van der Waals surface area contributed by atoms with E-state index in [1.807, 2.05) is 6.08 Å². The molecule has 0 unspecified atom stereocenters. The zero-order valence-corrected chi connectivity index (χ0v) is 9.29. The first-order valence-corrected chi connectivity index (χ1v) is 5.24. The summed E-state index contributed by atoms with van der Waals surface area (Å²) in [5, 5.41) is 8.24. The first-order valence-electron chi connectivity index (χ1n) is 5.24. The molecule has 0 radical (unpaired) electrons. The average Bonchev–Trinajstić information content (AvgIpc) is 2.17. The van der Waals surface area contributed by atoms with Crippen molar-refractivity contribution in [3.05, 3.63) is 24.3 Å². The molecule has 0 aromatic rings. The first kappa shape index (κ1) is 14.9. The summed E-state index contributed by atoms with van der Waals surface area (Å²) in [6, 6.07) is 0. The fourth-order valence-corrected chi connectivity index (χ4v) is 0.692. The van der Waals surface area contributed by atoms with Crippen molar-refractivity contribution < 1.29 is 5.11 Å². The molecule has 1 heteroatoms. The maximum atomic E-state index is 8.24. The second kappa shape index (κ2) is 17.5. The molecular weight excluding hydrogens is 160 g/mol. The summed E-state index contributed by atoms with van der Waals surface area (Å²) in [5.41, 5.74) is 0. The molecular formula is C12H24O. The molecule has 0 amide bonds. The van der Waals surface area contributed by atoms with Crippen LogP contribution in [0, 0.1) is 0 Å². The first-order chi connectivity index (χ1) is 6.33. The predicted octanol–water partition coefficient (Wildman–Crippen LogP) is 3.70. The van der Waals surface area contributed by atoms with Crippen molar-refractivity contribution >= 4 is 0 Å². The third-order valence-corrected chi connectivity index (χ3v) is 1.34. The van der Waals surface area contributed by atoms with Crippen LogP contribution in [0.1, 0.15) is 46.5 Å². The Morgan fingerprint density at radius 3 is 1.46 bits per heavy atom. The van der Waals surface area contributed by atoms with E-state index in [1.165, 1.54) is 12.8 Å². The van der Waals surface area contributed by atoms with Crippen LogP contribution in [0.25, 0.3) is 0 Å². The van der Waals surface area contributed by atoms with Crippen LogP contribution >= 0.6 is 0 Å². The smallest absolute Gasteiger partial charge is 0.0465 e. The number of aliphatic hydroxyl groups excluding tert-OH is 1. The van der Waals surface area contributed by atoms with E-state index in [9.17, 15) is 0 Å². The van der Waals surface area contributed by atoms with Crippen molar-refractivity contribution in [2.45, 2.75) is 46.5 Å². The van der Waals surface area contributed by atoms with Crippen molar-refractivity contribution in [1.29, 1.82) is 0 Å². The third-order valence-electron chi connectivity index (χ3n) is 1.34. The molecule has 0 aliphatic rings. The predicted molar refractivity (Wildman–Crippen MR) is 60.9 cm³/mol. The number of hydrogen-bond acceptors (Lipinski definition) is 1. The molecule has 0 aromatic carbocycles. The van der Waals surface area contributed by atoms with Crippen LogP contribution in [0.3, 0.4) is 0 Å². The van der Waals surface area contributed by atoms with Crippen LogP contribution in [0.4, 0.5) is 0 Å². The summed E-state index contributed by atoms with van der Waals surface area (Å²) in [4.78, 5) is 0. The lowest BCUT2D eigenvalue weighted by Gasteiger charge is -1.79. The van der Waals surface area contributed by atoms with Crippen LogP contribution in [0.15, 0.2) is 24.3 Å². The highest BCUT2D eigenvalue weighted by Crippen LogP contribution is 1.82. The highest BCUT2D eigenvalue weighted by atomic mass is 16.2. The fraction of sp³-hybridized carbons (Fsp3) is 0.667. The zero-order valence-electron chi connectivity index (χ0n) is 9.29. The van der Waals surface area contributed by atoms with Crippen molar-refractivity contribution in [1.82, 2.24) is 0 Å². The minimum atomic E-state index is 0.274. The molecule has 78 valence electrons. The van der Waals surface area contributed by atoms with Crippen molar-refractivity contribution in [3.8, 4) is 0 Å². The van der Waals surface area contributed by atoms with Gasteiger partial charge in [-0.25, -0.2) is 0 Å². The SMILES string of the molecule is CC/C=C/CC.CC/C=C/CCO. The van der Waals surface area contributed by atoms with Crippen molar-refractivity contribution in [2.24, 2.45) is 0 Å². The summed E-state index contributed by atoms with van der Waals surface area (Å²) in [6.07, 6.45) is 12.6. The molecule has 0 rings (SSSR count). The molecule has 1 nitrogen and oxygen atoms in total. The highest BCUT2D eigenvalue weighted by molar-refractivity contribution is 4.79. The van der Waals surface area contributed by atoms with Gasteiger partial charge in [0.25, 0.3) is 0 Å². The summed E-state index contributed by atoms with van der Waals surface area (Å²) in [7, 11) is 0. The lowest BCUT2D eigenvalue weighted by Crippen LogP contribution is -1.73. The zero-order chi connectivity index (χ0) is 10.4. The van der Waals surface area contributed by atoms with E-state index >= 15 is 0 Å². The minimum absolute atomic E-state index is 0.274. The van der Waals surface area contributed by atoms with Gasteiger partial charge < -0.3 is 5.11 Å².